The molecule has 1 aliphatic heterocycles. The Morgan fingerprint density at radius 3 is 2.53 bits per heavy atom. The van der Waals surface area contributed by atoms with Crippen molar-refractivity contribution in [3.05, 3.63) is 0 Å². The molecule has 0 aromatic rings. The summed E-state index contributed by atoms with van der Waals surface area (Å²) in [5, 5.41) is 0. The number of hydrogen-bond donors (Lipinski definition) is 0. The molecule has 0 spiro atoms. The first kappa shape index (κ1) is 16.0. The molecule has 4 heteroatoms. The fourth-order valence-corrected chi connectivity index (χ4v) is 2.38. The highest BCUT2D eigenvalue weighted by Gasteiger charge is 2.23. The van der Waals surface area contributed by atoms with Crippen LogP contribution in [0.15, 0.2) is 0 Å². The molecular formula is C15H27NO3. The first-order chi connectivity index (χ1) is 8.81. The Balaban J connectivity index is 2.33. The van der Waals surface area contributed by atoms with Crippen LogP contribution in [0.4, 0.5) is 0 Å². The van der Waals surface area contributed by atoms with Crippen LogP contribution in [0.2, 0.25) is 0 Å². The van der Waals surface area contributed by atoms with E-state index >= 15 is 0 Å². The van der Waals surface area contributed by atoms with E-state index < -0.39 is 5.60 Å². The van der Waals surface area contributed by atoms with E-state index in [1.54, 1.807) is 0 Å². The van der Waals surface area contributed by atoms with Gasteiger partial charge >= 0.3 is 5.97 Å². The lowest BCUT2D eigenvalue weighted by Crippen LogP contribution is -2.40. The van der Waals surface area contributed by atoms with Crippen LogP contribution in [0.1, 0.15) is 59.8 Å². The average Bonchev–Trinajstić information content (AvgIpc) is 2.34. The van der Waals surface area contributed by atoms with E-state index in [4.69, 9.17) is 4.74 Å². The number of likely N-dealkylation sites (tertiary alicyclic amines) is 1. The summed E-state index contributed by atoms with van der Waals surface area (Å²) in [6, 6.07) is 0. The minimum atomic E-state index is -0.474. The van der Waals surface area contributed by atoms with Crippen molar-refractivity contribution in [1.82, 2.24) is 4.90 Å². The lowest BCUT2D eigenvalue weighted by atomic mass is 9.95. The van der Waals surface area contributed by atoms with Crippen molar-refractivity contribution >= 4 is 11.9 Å². The van der Waals surface area contributed by atoms with Crippen molar-refractivity contribution < 1.29 is 14.3 Å². The van der Waals surface area contributed by atoms with Gasteiger partial charge in [-0.3, -0.25) is 9.59 Å². The zero-order valence-corrected chi connectivity index (χ0v) is 12.7. The Bertz CT molecular complexity index is 320. The summed E-state index contributed by atoms with van der Waals surface area (Å²) in [7, 11) is 0. The number of carbonyl (C=O) groups is 2. The fraction of sp³-hybridized carbons (Fsp3) is 0.867. The molecule has 0 saturated carbocycles. The standard InChI is InChI=1S/C15H27NO3/c1-5-12-7-6-10-16(11-12)13(17)8-9-14(18)19-15(2,3)4/h12H,5-11H2,1-4H3. The van der Waals surface area contributed by atoms with Gasteiger partial charge in [0, 0.05) is 19.5 Å². The number of carbonyl (C=O) groups excluding carboxylic acids is 2. The number of piperidine rings is 1. The first-order valence-electron chi connectivity index (χ1n) is 7.31. The van der Waals surface area contributed by atoms with Crippen molar-refractivity contribution in [1.29, 1.82) is 0 Å². The zero-order chi connectivity index (χ0) is 14.5. The maximum atomic E-state index is 12.0. The highest BCUT2D eigenvalue weighted by atomic mass is 16.6. The van der Waals surface area contributed by atoms with Gasteiger partial charge in [-0.15, -0.1) is 0 Å². The predicted octanol–water partition coefficient (Wildman–Crippen LogP) is 2.76. The normalized spacial score (nSPS) is 20.2. The summed E-state index contributed by atoms with van der Waals surface area (Å²) in [5.41, 5.74) is -0.474. The van der Waals surface area contributed by atoms with E-state index in [1.807, 2.05) is 25.7 Å². The monoisotopic (exact) mass is 269 g/mol. The van der Waals surface area contributed by atoms with Crippen LogP contribution in [-0.4, -0.2) is 35.5 Å². The van der Waals surface area contributed by atoms with Gasteiger partial charge in [0.2, 0.25) is 5.91 Å². The van der Waals surface area contributed by atoms with Gasteiger partial charge in [-0.1, -0.05) is 13.3 Å². The van der Waals surface area contributed by atoms with E-state index in [9.17, 15) is 9.59 Å². The van der Waals surface area contributed by atoms with Crippen LogP contribution < -0.4 is 0 Å². The third-order valence-electron chi connectivity index (χ3n) is 3.41. The molecule has 0 aromatic heterocycles. The summed E-state index contributed by atoms with van der Waals surface area (Å²) in [4.78, 5) is 25.5. The first-order valence-corrected chi connectivity index (χ1v) is 7.31. The largest absolute Gasteiger partial charge is 0.460 e. The van der Waals surface area contributed by atoms with Crippen molar-refractivity contribution in [2.24, 2.45) is 5.92 Å². The smallest absolute Gasteiger partial charge is 0.306 e. The van der Waals surface area contributed by atoms with Gasteiger partial charge < -0.3 is 9.64 Å². The topological polar surface area (TPSA) is 46.6 Å². The highest BCUT2D eigenvalue weighted by Crippen LogP contribution is 2.20. The lowest BCUT2D eigenvalue weighted by Gasteiger charge is -2.32. The SMILES string of the molecule is CCC1CCCN(C(=O)CCC(=O)OC(C)(C)C)C1. The number of esters is 1. The number of amides is 1. The van der Waals surface area contributed by atoms with Crippen molar-refractivity contribution in [2.75, 3.05) is 13.1 Å². The van der Waals surface area contributed by atoms with Crippen LogP contribution in [0.3, 0.4) is 0 Å². The molecule has 0 N–H and O–H groups in total. The van der Waals surface area contributed by atoms with Crippen molar-refractivity contribution in [3.63, 3.8) is 0 Å². The number of ether oxygens (including phenoxy) is 1. The Morgan fingerprint density at radius 2 is 1.95 bits per heavy atom. The summed E-state index contributed by atoms with van der Waals surface area (Å²) in [6.45, 7) is 9.36. The van der Waals surface area contributed by atoms with Gasteiger partial charge in [0.1, 0.15) is 5.60 Å². The number of nitrogens with zero attached hydrogens (tertiary/aromatic N) is 1. The van der Waals surface area contributed by atoms with Gasteiger partial charge in [0.15, 0.2) is 0 Å². The number of rotatable bonds is 4. The second-order valence-corrected chi connectivity index (χ2v) is 6.34. The van der Waals surface area contributed by atoms with E-state index in [2.05, 4.69) is 6.92 Å². The zero-order valence-electron chi connectivity index (χ0n) is 12.7. The van der Waals surface area contributed by atoms with Crippen LogP contribution in [0.5, 0.6) is 0 Å². The molecule has 0 aromatic carbocycles. The molecule has 1 heterocycles. The maximum absolute atomic E-state index is 12.0. The van der Waals surface area contributed by atoms with E-state index in [0.29, 0.717) is 5.92 Å². The van der Waals surface area contributed by atoms with Gasteiger partial charge in [-0.25, -0.2) is 0 Å². The molecule has 1 atom stereocenters. The Labute approximate surface area is 116 Å². The molecule has 110 valence electrons. The Hall–Kier alpha value is -1.06. The molecular weight excluding hydrogens is 242 g/mol. The second-order valence-electron chi connectivity index (χ2n) is 6.34. The molecule has 1 aliphatic rings. The average molecular weight is 269 g/mol. The number of hydrogen-bond acceptors (Lipinski definition) is 3. The third kappa shape index (κ3) is 6.08. The van der Waals surface area contributed by atoms with Crippen LogP contribution >= 0.6 is 0 Å². The molecule has 1 amide bonds. The minimum absolute atomic E-state index is 0.0870. The molecule has 19 heavy (non-hydrogen) atoms. The highest BCUT2D eigenvalue weighted by molar-refractivity contribution is 5.81. The Kier molecular flexibility index (Phi) is 5.83. The molecule has 0 radical (unpaired) electrons. The minimum Gasteiger partial charge on any atom is -0.460 e. The van der Waals surface area contributed by atoms with Gasteiger partial charge in [-0.05, 0) is 39.5 Å². The molecule has 1 unspecified atom stereocenters. The molecule has 4 nitrogen and oxygen atoms in total. The fourth-order valence-electron chi connectivity index (χ4n) is 2.38. The van der Waals surface area contributed by atoms with Gasteiger partial charge in [-0.2, -0.15) is 0 Å². The van der Waals surface area contributed by atoms with Gasteiger partial charge in [0.05, 0.1) is 6.42 Å². The van der Waals surface area contributed by atoms with E-state index in [0.717, 1.165) is 25.9 Å². The summed E-state index contributed by atoms with van der Waals surface area (Å²) < 4.78 is 5.21. The summed E-state index contributed by atoms with van der Waals surface area (Å²) in [6.07, 6.45) is 3.87. The molecule has 1 saturated heterocycles. The molecule has 0 bridgehead atoms. The van der Waals surface area contributed by atoms with Crippen LogP contribution in [-0.2, 0) is 14.3 Å². The quantitative estimate of drug-likeness (QED) is 0.737. The van der Waals surface area contributed by atoms with Crippen molar-refractivity contribution in [3.8, 4) is 0 Å². The third-order valence-corrected chi connectivity index (χ3v) is 3.41. The molecule has 1 fully saturated rings. The van der Waals surface area contributed by atoms with E-state index in [-0.39, 0.29) is 24.7 Å². The van der Waals surface area contributed by atoms with Gasteiger partial charge in [0.25, 0.3) is 0 Å². The predicted molar refractivity (Wildman–Crippen MR) is 74.7 cm³/mol. The maximum Gasteiger partial charge on any atom is 0.306 e. The Morgan fingerprint density at radius 1 is 1.26 bits per heavy atom. The molecule has 0 aliphatic carbocycles. The lowest BCUT2D eigenvalue weighted by molar-refractivity contribution is -0.156. The second kappa shape index (κ2) is 6.92. The van der Waals surface area contributed by atoms with Crippen LogP contribution in [0, 0.1) is 5.92 Å². The summed E-state index contributed by atoms with van der Waals surface area (Å²) >= 11 is 0. The van der Waals surface area contributed by atoms with Crippen molar-refractivity contribution in [2.45, 2.75) is 65.4 Å². The molecule has 1 rings (SSSR count). The van der Waals surface area contributed by atoms with Crippen LogP contribution in [0.25, 0.3) is 0 Å². The van der Waals surface area contributed by atoms with E-state index in [1.165, 1.54) is 6.42 Å². The summed E-state index contributed by atoms with van der Waals surface area (Å²) in [5.74, 6) is 0.424.